The van der Waals surface area contributed by atoms with Gasteiger partial charge >= 0.3 is 0 Å². The Hall–Kier alpha value is -0.370. The molecule has 0 unspecified atom stereocenters. The maximum atomic E-state index is 11.3. The second-order valence-corrected chi connectivity index (χ2v) is 3.72. The highest BCUT2D eigenvalue weighted by atomic mass is 16.1. The van der Waals surface area contributed by atoms with Gasteiger partial charge in [-0.1, -0.05) is 19.8 Å². The van der Waals surface area contributed by atoms with E-state index >= 15 is 0 Å². The van der Waals surface area contributed by atoms with Crippen LogP contribution in [0.3, 0.4) is 0 Å². The molecule has 1 aliphatic rings. The van der Waals surface area contributed by atoms with Gasteiger partial charge in [0.25, 0.3) is 0 Å². The minimum absolute atomic E-state index is 0.468. The highest BCUT2D eigenvalue weighted by Gasteiger charge is 2.19. The normalized spacial score (nSPS) is 17.4. The summed E-state index contributed by atoms with van der Waals surface area (Å²) in [4.78, 5) is 11.3. The van der Waals surface area contributed by atoms with E-state index in [0.717, 1.165) is 32.4 Å². The van der Waals surface area contributed by atoms with E-state index in [4.69, 9.17) is 0 Å². The third-order valence-electron chi connectivity index (χ3n) is 2.44. The number of carbonyl (C=O) groups excluding carboxylic acids is 1. The van der Waals surface area contributed by atoms with Crippen molar-refractivity contribution in [3.63, 3.8) is 0 Å². The Labute approximate surface area is 74.7 Å². The molecule has 1 rings (SSSR count). The minimum atomic E-state index is 0.468. The maximum Gasteiger partial charge on any atom is 0.133 e. The van der Waals surface area contributed by atoms with Crippen LogP contribution >= 0.6 is 0 Å². The van der Waals surface area contributed by atoms with Crippen molar-refractivity contribution in [2.75, 3.05) is 13.1 Å². The number of nitrogens with one attached hydrogen (secondary N) is 1. The van der Waals surface area contributed by atoms with Crippen molar-refractivity contribution in [2.45, 2.75) is 39.0 Å². The van der Waals surface area contributed by atoms with Crippen molar-refractivity contribution in [3.05, 3.63) is 0 Å². The van der Waals surface area contributed by atoms with Gasteiger partial charge in [-0.15, -0.1) is 0 Å². The van der Waals surface area contributed by atoms with Crippen molar-refractivity contribution in [2.24, 2.45) is 5.92 Å². The summed E-state index contributed by atoms with van der Waals surface area (Å²) in [7, 11) is 0. The molecule has 0 bridgehead atoms. The molecule has 1 fully saturated rings. The number of rotatable bonds is 6. The topological polar surface area (TPSA) is 29.1 Å². The standard InChI is InChI=1S/C10H19NO/c1-2-3-4-5-10(12)6-9-7-11-8-9/h9,11H,2-8H2,1H3. The third-order valence-corrected chi connectivity index (χ3v) is 2.44. The number of Topliss-reactive ketones (excluding diaryl/α,β-unsaturated/α-hetero) is 1. The van der Waals surface area contributed by atoms with Gasteiger partial charge in [-0.05, 0) is 25.4 Å². The monoisotopic (exact) mass is 169 g/mol. The number of hydrogen-bond donors (Lipinski definition) is 1. The lowest BCUT2D eigenvalue weighted by Crippen LogP contribution is -2.42. The lowest BCUT2D eigenvalue weighted by atomic mass is 9.95. The Morgan fingerprint density at radius 1 is 1.42 bits per heavy atom. The first-order chi connectivity index (χ1) is 5.83. The molecule has 1 aliphatic heterocycles. The molecule has 0 radical (unpaired) electrons. The molecule has 0 saturated carbocycles. The van der Waals surface area contributed by atoms with Crippen LogP contribution in [0, 0.1) is 5.92 Å². The van der Waals surface area contributed by atoms with Crippen LogP contribution in [0.15, 0.2) is 0 Å². The van der Waals surface area contributed by atoms with Crippen LogP contribution in [0.4, 0.5) is 0 Å². The molecule has 2 heteroatoms. The van der Waals surface area contributed by atoms with Gasteiger partial charge in [-0.3, -0.25) is 4.79 Å². The molecule has 1 heterocycles. The fourth-order valence-corrected chi connectivity index (χ4v) is 1.49. The van der Waals surface area contributed by atoms with Gasteiger partial charge in [0.15, 0.2) is 0 Å². The number of carbonyl (C=O) groups is 1. The molecule has 0 atom stereocenters. The van der Waals surface area contributed by atoms with Gasteiger partial charge in [0.2, 0.25) is 0 Å². The molecule has 0 aromatic rings. The summed E-state index contributed by atoms with van der Waals surface area (Å²) in [5.41, 5.74) is 0. The molecule has 12 heavy (non-hydrogen) atoms. The largest absolute Gasteiger partial charge is 0.316 e. The fourth-order valence-electron chi connectivity index (χ4n) is 1.49. The summed E-state index contributed by atoms with van der Waals surface area (Å²) in [6.07, 6.45) is 5.13. The Morgan fingerprint density at radius 2 is 2.17 bits per heavy atom. The van der Waals surface area contributed by atoms with Crippen LogP contribution in [0.25, 0.3) is 0 Å². The average molecular weight is 169 g/mol. The zero-order valence-corrected chi connectivity index (χ0v) is 7.94. The summed E-state index contributed by atoms with van der Waals surface area (Å²) in [6, 6.07) is 0. The lowest BCUT2D eigenvalue weighted by molar-refractivity contribution is -0.120. The van der Waals surface area contributed by atoms with E-state index in [9.17, 15) is 4.79 Å². The van der Waals surface area contributed by atoms with Crippen molar-refractivity contribution >= 4 is 5.78 Å². The van der Waals surface area contributed by atoms with Gasteiger partial charge in [0.05, 0.1) is 0 Å². The van der Waals surface area contributed by atoms with E-state index in [0.29, 0.717) is 11.7 Å². The Morgan fingerprint density at radius 3 is 2.67 bits per heavy atom. The molecule has 0 aromatic heterocycles. The molecule has 0 aromatic carbocycles. The zero-order valence-electron chi connectivity index (χ0n) is 7.94. The zero-order chi connectivity index (χ0) is 8.81. The minimum Gasteiger partial charge on any atom is -0.316 e. The van der Waals surface area contributed by atoms with Crippen molar-refractivity contribution in [3.8, 4) is 0 Å². The van der Waals surface area contributed by atoms with Crippen LogP contribution in [0.5, 0.6) is 0 Å². The molecule has 1 N–H and O–H groups in total. The first kappa shape index (κ1) is 9.72. The summed E-state index contributed by atoms with van der Waals surface area (Å²) < 4.78 is 0. The van der Waals surface area contributed by atoms with Crippen LogP contribution in [0.2, 0.25) is 0 Å². The van der Waals surface area contributed by atoms with Gasteiger partial charge in [-0.25, -0.2) is 0 Å². The number of hydrogen-bond acceptors (Lipinski definition) is 2. The van der Waals surface area contributed by atoms with Gasteiger partial charge in [0.1, 0.15) is 5.78 Å². The van der Waals surface area contributed by atoms with Crippen LogP contribution in [0.1, 0.15) is 39.0 Å². The molecular weight excluding hydrogens is 150 g/mol. The second-order valence-electron chi connectivity index (χ2n) is 3.72. The maximum absolute atomic E-state index is 11.3. The Balaban J connectivity index is 1.95. The summed E-state index contributed by atoms with van der Waals surface area (Å²) in [6.45, 7) is 4.28. The predicted molar refractivity (Wildman–Crippen MR) is 50.1 cm³/mol. The quantitative estimate of drug-likeness (QED) is 0.614. The van der Waals surface area contributed by atoms with Gasteiger partial charge in [-0.2, -0.15) is 0 Å². The van der Waals surface area contributed by atoms with Gasteiger partial charge in [0, 0.05) is 12.8 Å². The molecule has 0 aliphatic carbocycles. The smallest absolute Gasteiger partial charge is 0.133 e. The van der Waals surface area contributed by atoms with Crippen LogP contribution < -0.4 is 5.32 Å². The molecule has 0 amide bonds. The van der Waals surface area contributed by atoms with Crippen molar-refractivity contribution in [1.82, 2.24) is 5.32 Å². The van der Waals surface area contributed by atoms with Gasteiger partial charge < -0.3 is 5.32 Å². The Kier molecular flexibility index (Phi) is 4.30. The Bertz CT molecular complexity index is 141. The van der Waals surface area contributed by atoms with Crippen LogP contribution in [-0.2, 0) is 4.79 Å². The SMILES string of the molecule is CCCCCC(=O)CC1CNC1. The lowest BCUT2D eigenvalue weighted by Gasteiger charge is -2.26. The van der Waals surface area contributed by atoms with E-state index < -0.39 is 0 Å². The highest BCUT2D eigenvalue weighted by Crippen LogP contribution is 2.11. The third kappa shape index (κ3) is 3.35. The first-order valence-corrected chi connectivity index (χ1v) is 5.05. The van der Waals surface area contributed by atoms with E-state index in [1.807, 2.05) is 0 Å². The highest BCUT2D eigenvalue weighted by molar-refractivity contribution is 5.78. The number of ketones is 1. The summed E-state index contributed by atoms with van der Waals surface area (Å²) in [5, 5.41) is 3.18. The number of unbranched alkanes of at least 4 members (excludes halogenated alkanes) is 2. The van der Waals surface area contributed by atoms with E-state index in [2.05, 4.69) is 12.2 Å². The molecule has 0 spiro atoms. The first-order valence-electron chi connectivity index (χ1n) is 5.05. The molecular formula is C10H19NO. The fraction of sp³-hybridized carbons (Fsp3) is 0.900. The predicted octanol–water partition coefficient (Wildman–Crippen LogP) is 1.75. The average Bonchev–Trinajstić information content (AvgIpc) is 1.98. The molecule has 70 valence electrons. The van der Waals surface area contributed by atoms with Crippen molar-refractivity contribution < 1.29 is 4.79 Å². The van der Waals surface area contributed by atoms with Crippen LogP contribution in [-0.4, -0.2) is 18.9 Å². The van der Waals surface area contributed by atoms with Crippen molar-refractivity contribution in [1.29, 1.82) is 0 Å². The van der Waals surface area contributed by atoms with E-state index in [1.54, 1.807) is 0 Å². The van der Waals surface area contributed by atoms with E-state index in [-0.39, 0.29) is 0 Å². The molecule has 2 nitrogen and oxygen atoms in total. The summed E-state index contributed by atoms with van der Waals surface area (Å²) in [5.74, 6) is 1.12. The summed E-state index contributed by atoms with van der Waals surface area (Å²) >= 11 is 0. The second kappa shape index (κ2) is 5.31. The van der Waals surface area contributed by atoms with E-state index in [1.165, 1.54) is 12.8 Å². The molecule has 1 saturated heterocycles.